The first-order valence-electron chi connectivity index (χ1n) is 7.85. The molecule has 1 unspecified atom stereocenters. The van der Waals surface area contributed by atoms with Gasteiger partial charge in [0.1, 0.15) is 0 Å². The Morgan fingerprint density at radius 2 is 1.84 bits per heavy atom. The third-order valence-electron chi connectivity index (χ3n) is 3.89. The van der Waals surface area contributed by atoms with E-state index < -0.39 is 21.1 Å². The zero-order valence-corrected chi connectivity index (χ0v) is 14.1. The van der Waals surface area contributed by atoms with Crippen molar-refractivity contribution in [3.05, 3.63) is 58.6 Å². The molecule has 8 heteroatoms. The molecule has 1 atom stereocenters. The van der Waals surface area contributed by atoms with Crippen molar-refractivity contribution in [1.82, 2.24) is 0 Å². The van der Waals surface area contributed by atoms with E-state index in [2.05, 4.69) is 0 Å². The van der Waals surface area contributed by atoms with Crippen LogP contribution in [0.4, 0.5) is 5.69 Å². The van der Waals surface area contributed by atoms with Crippen LogP contribution in [0.25, 0.3) is 0 Å². The van der Waals surface area contributed by atoms with Gasteiger partial charge in [-0.15, -0.1) is 0 Å². The fourth-order valence-corrected chi connectivity index (χ4v) is 3.89. The molecule has 0 aliphatic carbocycles. The molecule has 0 bridgehead atoms. The maximum atomic E-state index is 12.7. The Morgan fingerprint density at radius 1 is 1.08 bits per heavy atom. The Bertz CT molecular complexity index is 860. The van der Waals surface area contributed by atoms with Gasteiger partial charge in [-0.3, -0.25) is 10.1 Å². The maximum Gasteiger partial charge on any atom is 0.311 e. The third kappa shape index (κ3) is 3.80. The Morgan fingerprint density at radius 3 is 2.48 bits per heavy atom. The highest BCUT2D eigenvalue weighted by Gasteiger charge is 2.25. The molecule has 1 aliphatic rings. The zero-order chi connectivity index (χ0) is 17.9. The summed E-state index contributed by atoms with van der Waals surface area (Å²) in [5, 5.41) is 11.2. The van der Waals surface area contributed by atoms with Gasteiger partial charge in [-0.1, -0.05) is 18.2 Å². The van der Waals surface area contributed by atoms with Gasteiger partial charge in [0, 0.05) is 18.6 Å². The van der Waals surface area contributed by atoms with Crippen LogP contribution in [0.3, 0.4) is 0 Å². The Kier molecular flexibility index (Phi) is 5.00. The largest absolute Gasteiger partial charge is 0.458 e. The van der Waals surface area contributed by atoms with E-state index in [0.29, 0.717) is 13.0 Å². The van der Waals surface area contributed by atoms with Crippen LogP contribution in [-0.4, -0.2) is 26.2 Å². The molecule has 3 rings (SSSR count). The topological polar surface area (TPSA) is 95.7 Å². The lowest BCUT2D eigenvalue weighted by molar-refractivity contribution is -0.386. The van der Waals surface area contributed by atoms with E-state index in [4.69, 9.17) is 9.47 Å². The van der Waals surface area contributed by atoms with E-state index in [1.165, 1.54) is 24.3 Å². The normalized spacial score (nSPS) is 17.8. The molecule has 0 radical (unpaired) electrons. The molecule has 1 aliphatic heterocycles. The number of benzene rings is 2. The van der Waals surface area contributed by atoms with E-state index in [0.717, 1.165) is 18.9 Å². The molecule has 0 spiro atoms. The highest BCUT2D eigenvalue weighted by Crippen LogP contribution is 2.33. The summed E-state index contributed by atoms with van der Waals surface area (Å²) in [6.45, 7) is 0.514. The number of sulfone groups is 1. The molecule has 0 N–H and O–H groups in total. The standard InChI is InChI=1S/C17H17NO6S/c19-18(20)15-10-9-14(25(21,22)13-6-2-1-3-7-13)12-16(15)24-17-8-4-5-11-23-17/h1-3,6-7,9-10,12,17H,4-5,8,11H2. The minimum Gasteiger partial charge on any atom is -0.458 e. The number of nitrogens with zero attached hydrogens (tertiary/aromatic N) is 1. The molecule has 0 amide bonds. The molecule has 7 nitrogen and oxygen atoms in total. The van der Waals surface area contributed by atoms with Crippen molar-refractivity contribution in [3.8, 4) is 5.75 Å². The Balaban J connectivity index is 1.99. The first-order chi connectivity index (χ1) is 12.0. The number of ether oxygens (including phenoxy) is 2. The van der Waals surface area contributed by atoms with Crippen LogP contribution < -0.4 is 4.74 Å². The second kappa shape index (κ2) is 7.20. The number of rotatable bonds is 5. The fourth-order valence-electron chi connectivity index (χ4n) is 2.59. The second-order valence-electron chi connectivity index (χ2n) is 5.62. The average Bonchev–Trinajstić information content (AvgIpc) is 2.63. The first kappa shape index (κ1) is 17.4. The van der Waals surface area contributed by atoms with Crippen molar-refractivity contribution < 1.29 is 22.8 Å². The summed E-state index contributed by atoms with van der Waals surface area (Å²) in [6.07, 6.45) is 1.79. The van der Waals surface area contributed by atoms with E-state index in [-0.39, 0.29) is 21.2 Å². The van der Waals surface area contributed by atoms with Crippen molar-refractivity contribution in [2.24, 2.45) is 0 Å². The van der Waals surface area contributed by atoms with Crippen molar-refractivity contribution in [2.45, 2.75) is 35.3 Å². The predicted molar refractivity (Wildman–Crippen MR) is 89.2 cm³/mol. The molecule has 1 fully saturated rings. The lowest BCUT2D eigenvalue weighted by Gasteiger charge is -2.23. The van der Waals surface area contributed by atoms with Crippen LogP contribution in [0.2, 0.25) is 0 Å². The van der Waals surface area contributed by atoms with E-state index >= 15 is 0 Å². The highest BCUT2D eigenvalue weighted by atomic mass is 32.2. The van der Waals surface area contributed by atoms with Crippen LogP contribution in [0.1, 0.15) is 19.3 Å². The summed E-state index contributed by atoms with van der Waals surface area (Å²) in [5.74, 6) is -0.103. The summed E-state index contributed by atoms with van der Waals surface area (Å²) in [7, 11) is -3.79. The number of hydrogen-bond donors (Lipinski definition) is 0. The van der Waals surface area contributed by atoms with Crippen LogP contribution in [0.15, 0.2) is 58.3 Å². The lowest BCUT2D eigenvalue weighted by atomic mass is 10.2. The van der Waals surface area contributed by atoms with Crippen LogP contribution >= 0.6 is 0 Å². The number of nitro benzene ring substituents is 1. The monoisotopic (exact) mass is 363 g/mol. The summed E-state index contributed by atoms with van der Waals surface area (Å²) in [4.78, 5) is 10.7. The minimum absolute atomic E-state index is 0.0601. The fraction of sp³-hybridized carbons (Fsp3) is 0.294. The van der Waals surface area contributed by atoms with Crippen LogP contribution in [-0.2, 0) is 14.6 Å². The number of hydrogen-bond acceptors (Lipinski definition) is 6. The van der Waals surface area contributed by atoms with Crippen molar-refractivity contribution in [1.29, 1.82) is 0 Å². The van der Waals surface area contributed by atoms with Gasteiger partial charge >= 0.3 is 5.69 Å². The van der Waals surface area contributed by atoms with Crippen LogP contribution in [0, 0.1) is 10.1 Å². The molecule has 0 saturated carbocycles. The van der Waals surface area contributed by atoms with Gasteiger partial charge in [-0.2, -0.15) is 0 Å². The van der Waals surface area contributed by atoms with Crippen molar-refractivity contribution in [3.63, 3.8) is 0 Å². The van der Waals surface area contributed by atoms with E-state index in [1.807, 2.05) is 0 Å². The summed E-state index contributed by atoms with van der Waals surface area (Å²) < 4.78 is 36.4. The maximum absolute atomic E-state index is 12.7. The van der Waals surface area contributed by atoms with Gasteiger partial charge < -0.3 is 9.47 Å². The predicted octanol–water partition coefficient (Wildman–Crippen LogP) is 3.33. The van der Waals surface area contributed by atoms with Gasteiger partial charge in [0.25, 0.3) is 0 Å². The SMILES string of the molecule is O=[N+]([O-])c1ccc(S(=O)(=O)c2ccccc2)cc1OC1CCCCO1. The van der Waals surface area contributed by atoms with E-state index in [1.54, 1.807) is 18.2 Å². The molecular formula is C17H17NO6S. The molecule has 1 heterocycles. The Hall–Kier alpha value is -2.45. The Labute approximate surface area is 145 Å². The van der Waals surface area contributed by atoms with Gasteiger partial charge in [0.05, 0.1) is 21.3 Å². The zero-order valence-electron chi connectivity index (χ0n) is 13.3. The third-order valence-corrected chi connectivity index (χ3v) is 5.66. The van der Waals surface area contributed by atoms with Gasteiger partial charge in [-0.05, 0) is 31.0 Å². The summed E-state index contributed by atoms with van der Waals surface area (Å²) in [6, 6.07) is 11.4. The van der Waals surface area contributed by atoms with Crippen LogP contribution in [0.5, 0.6) is 5.75 Å². The molecule has 25 heavy (non-hydrogen) atoms. The highest BCUT2D eigenvalue weighted by molar-refractivity contribution is 7.91. The molecular weight excluding hydrogens is 346 g/mol. The molecule has 2 aromatic rings. The average molecular weight is 363 g/mol. The number of nitro groups is 1. The smallest absolute Gasteiger partial charge is 0.311 e. The first-order valence-corrected chi connectivity index (χ1v) is 9.33. The van der Waals surface area contributed by atoms with Crippen molar-refractivity contribution in [2.75, 3.05) is 6.61 Å². The summed E-state index contributed by atoms with van der Waals surface area (Å²) >= 11 is 0. The quantitative estimate of drug-likeness (QED) is 0.597. The molecule has 132 valence electrons. The van der Waals surface area contributed by atoms with Crippen molar-refractivity contribution >= 4 is 15.5 Å². The lowest BCUT2D eigenvalue weighted by Crippen LogP contribution is -2.25. The minimum atomic E-state index is -3.79. The second-order valence-corrected chi connectivity index (χ2v) is 7.57. The molecule has 2 aromatic carbocycles. The van der Waals surface area contributed by atoms with Gasteiger partial charge in [-0.25, -0.2) is 8.42 Å². The van der Waals surface area contributed by atoms with Gasteiger partial charge in [0.2, 0.25) is 15.6 Å². The van der Waals surface area contributed by atoms with E-state index in [9.17, 15) is 18.5 Å². The van der Waals surface area contributed by atoms with Gasteiger partial charge in [0.15, 0.2) is 6.29 Å². The molecule has 0 aromatic heterocycles. The summed E-state index contributed by atoms with van der Waals surface area (Å²) in [5.41, 5.74) is -0.291. The molecule has 1 saturated heterocycles.